The Bertz CT molecular complexity index is 1370. The average Bonchev–Trinajstić information content (AvgIpc) is 2.92. The number of benzene rings is 3. The van der Waals surface area contributed by atoms with Crippen molar-refractivity contribution in [1.29, 1.82) is 0 Å². The predicted molar refractivity (Wildman–Crippen MR) is 149 cm³/mol. The summed E-state index contributed by atoms with van der Waals surface area (Å²) in [6.07, 6.45) is 0.362. The third-order valence-corrected chi connectivity index (χ3v) is 8.25. The van der Waals surface area contributed by atoms with Crippen molar-refractivity contribution in [2.75, 3.05) is 25.0 Å². The zero-order chi connectivity index (χ0) is 27.9. The molecule has 0 aliphatic heterocycles. The fraction of sp³-hybridized carbons (Fsp3) is 0.310. The Kier molecular flexibility index (Phi) is 9.52. The third kappa shape index (κ3) is 6.52. The summed E-state index contributed by atoms with van der Waals surface area (Å²) in [7, 11) is -1.13. The zero-order valence-corrected chi connectivity index (χ0v) is 23.3. The highest BCUT2D eigenvalue weighted by atomic mass is 32.2. The van der Waals surface area contributed by atoms with Gasteiger partial charge in [0.15, 0.2) is 0 Å². The lowest BCUT2D eigenvalue weighted by atomic mass is 10.1. The Labute approximate surface area is 225 Å². The first-order valence-corrected chi connectivity index (χ1v) is 13.8. The average molecular weight is 538 g/mol. The van der Waals surface area contributed by atoms with Crippen molar-refractivity contribution in [1.82, 2.24) is 10.2 Å². The van der Waals surface area contributed by atoms with Gasteiger partial charge >= 0.3 is 0 Å². The number of hydrogen-bond donors (Lipinski definition) is 1. The summed E-state index contributed by atoms with van der Waals surface area (Å²) in [4.78, 5) is 28.3. The second-order valence-corrected chi connectivity index (χ2v) is 10.9. The largest absolute Gasteiger partial charge is 0.497 e. The van der Waals surface area contributed by atoms with Gasteiger partial charge < -0.3 is 15.0 Å². The minimum Gasteiger partial charge on any atom is -0.497 e. The molecule has 0 radical (unpaired) electrons. The first-order valence-electron chi connectivity index (χ1n) is 12.4. The van der Waals surface area contributed by atoms with E-state index in [1.165, 1.54) is 31.2 Å². The van der Waals surface area contributed by atoms with E-state index in [1.54, 1.807) is 36.4 Å². The summed E-state index contributed by atoms with van der Waals surface area (Å²) in [6.45, 7) is 5.29. The second kappa shape index (κ2) is 12.6. The molecule has 0 bridgehead atoms. The van der Waals surface area contributed by atoms with E-state index >= 15 is 0 Å². The molecule has 0 aliphatic carbocycles. The number of hydrogen-bond acceptors (Lipinski definition) is 5. The lowest BCUT2D eigenvalue weighted by molar-refractivity contribution is -0.140. The van der Waals surface area contributed by atoms with Crippen molar-refractivity contribution in [2.24, 2.45) is 0 Å². The third-order valence-electron chi connectivity index (χ3n) is 6.46. The van der Waals surface area contributed by atoms with Gasteiger partial charge in [-0.3, -0.25) is 13.9 Å². The molecule has 0 fully saturated rings. The van der Waals surface area contributed by atoms with Gasteiger partial charge in [-0.2, -0.15) is 0 Å². The molecule has 0 saturated carbocycles. The van der Waals surface area contributed by atoms with Crippen LogP contribution in [0.4, 0.5) is 5.69 Å². The fourth-order valence-corrected chi connectivity index (χ4v) is 5.59. The number of sulfonamides is 1. The predicted octanol–water partition coefficient (Wildman–Crippen LogP) is 4.06. The van der Waals surface area contributed by atoms with E-state index in [-0.39, 0.29) is 23.0 Å². The normalized spacial score (nSPS) is 11.9. The van der Waals surface area contributed by atoms with E-state index in [0.717, 1.165) is 21.0 Å². The van der Waals surface area contributed by atoms with Crippen molar-refractivity contribution < 1.29 is 22.7 Å². The topological polar surface area (TPSA) is 96.0 Å². The molecule has 0 heterocycles. The van der Waals surface area contributed by atoms with Crippen LogP contribution in [-0.2, 0) is 26.2 Å². The van der Waals surface area contributed by atoms with Crippen LogP contribution in [0.1, 0.15) is 30.0 Å². The standard InChI is InChI=1S/C29H35N3O5S/c1-6-27(29(34)30-4)31(19-23-11-8-7-10-22(23)3)28(33)20-32(24-12-9-13-25(18-24)37-5)38(35,36)26-16-14-21(2)15-17-26/h7-18,27H,6,19-20H2,1-5H3,(H,30,34)/t27-/m1/s1. The Hall–Kier alpha value is -3.85. The van der Waals surface area contributed by atoms with Crippen molar-refractivity contribution in [2.45, 2.75) is 44.7 Å². The van der Waals surface area contributed by atoms with Gasteiger partial charge in [0, 0.05) is 19.7 Å². The smallest absolute Gasteiger partial charge is 0.264 e. The van der Waals surface area contributed by atoms with E-state index in [0.29, 0.717) is 12.2 Å². The molecule has 1 atom stereocenters. The van der Waals surface area contributed by atoms with Crippen molar-refractivity contribution in [3.05, 3.63) is 89.5 Å². The van der Waals surface area contributed by atoms with Gasteiger partial charge in [0.05, 0.1) is 17.7 Å². The molecule has 3 rings (SSSR count). The van der Waals surface area contributed by atoms with Crippen LogP contribution in [0.5, 0.6) is 5.75 Å². The number of anilines is 1. The summed E-state index contributed by atoms with van der Waals surface area (Å²) in [5.41, 5.74) is 3.03. The van der Waals surface area contributed by atoms with Gasteiger partial charge in [-0.05, 0) is 55.7 Å². The van der Waals surface area contributed by atoms with E-state index in [2.05, 4.69) is 5.32 Å². The number of rotatable bonds is 11. The number of ether oxygens (including phenoxy) is 1. The molecule has 8 nitrogen and oxygen atoms in total. The second-order valence-electron chi connectivity index (χ2n) is 9.01. The van der Waals surface area contributed by atoms with E-state index in [9.17, 15) is 18.0 Å². The molecule has 1 N–H and O–H groups in total. The van der Waals surface area contributed by atoms with Crippen LogP contribution in [0.15, 0.2) is 77.7 Å². The summed E-state index contributed by atoms with van der Waals surface area (Å²) >= 11 is 0. The van der Waals surface area contributed by atoms with Gasteiger partial charge in [0.1, 0.15) is 18.3 Å². The maximum Gasteiger partial charge on any atom is 0.264 e. The van der Waals surface area contributed by atoms with Crippen LogP contribution in [0, 0.1) is 13.8 Å². The highest BCUT2D eigenvalue weighted by Gasteiger charge is 2.33. The van der Waals surface area contributed by atoms with Crippen LogP contribution in [0.25, 0.3) is 0 Å². The molecule has 0 saturated heterocycles. The summed E-state index contributed by atoms with van der Waals surface area (Å²) in [5, 5.41) is 2.63. The lowest BCUT2D eigenvalue weighted by Gasteiger charge is -2.33. The van der Waals surface area contributed by atoms with E-state index in [4.69, 9.17) is 4.74 Å². The molecule has 38 heavy (non-hydrogen) atoms. The minimum absolute atomic E-state index is 0.0579. The molecule has 9 heteroatoms. The lowest BCUT2D eigenvalue weighted by Crippen LogP contribution is -2.51. The number of methoxy groups -OCH3 is 1. The number of carbonyl (C=O) groups is 2. The molecule has 0 spiro atoms. The Balaban J connectivity index is 2.09. The number of likely N-dealkylation sites (N-methyl/N-ethyl adjacent to an activating group) is 1. The number of amides is 2. The zero-order valence-electron chi connectivity index (χ0n) is 22.5. The van der Waals surface area contributed by atoms with Crippen molar-refractivity contribution in [3.8, 4) is 5.75 Å². The molecule has 0 aromatic heterocycles. The summed E-state index contributed by atoms with van der Waals surface area (Å²) < 4.78 is 34.1. The molecular formula is C29H35N3O5S. The molecule has 0 aliphatic rings. The van der Waals surface area contributed by atoms with Gasteiger partial charge in [0.25, 0.3) is 10.0 Å². The van der Waals surface area contributed by atoms with E-state index in [1.807, 2.05) is 45.0 Å². The van der Waals surface area contributed by atoms with Gasteiger partial charge in [0.2, 0.25) is 11.8 Å². The van der Waals surface area contributed by atoms with Crippen LogP contribution in [0.2, 0.25) is 0 Å². The van der Waals surface area contributed by atoms with E-state index < -0.39 is 28.5 Å². The van der Waals surface area contributed by atoms with Crippen molar-refractivity contribution in [3.63, 3.8) is 0 Å². The molecule has 2 amide bonds. The number of nitrogens with zero attached hydrogens (tertiary/aromatic N) is 2. The monoisotopic (exact) mass is 537 g/mol. The van der Waals surface area contributed by atoms with Gasteiger partial charge in [-0.15, -0.1) is 0 Å². The highest BCUT2D eigenvalue weighted by Crippen LogP contribution is 2.28. The first kappa shape index (κ1) is 28.7. The Morgan fingerprint density at radius 2 is 1.66 bits per heavy atom. The number of aryl methyl sites for hydroxylation is 2. The summed E-state index contributed by atoms with van der Waals surface area (Å²) in [6, 6.07) is 19.8. The van der Waals surface area contributed by atoms with Crippen LogP contribution in [-0.4, -0.2) is 51.9 Å². The van der Waals surface area contributed by atoms with Crippen molar-refractivity contribution >= 4 is 27.5 Å². The Morgan fingerprint density at radius 1 is 0.974 bits per heavy atom. The number of carbonyl (C=O) groups excluding carboxylic acids is 2. The SMILES string of the molecule is CC[C@H](C(=O)NC)N(Cc1ccccc1C)C(=O)CN(c1cccc(OC)c1)S(=O)(=O)c1ccc(C)cc1. The number of nitrogens with one attached hydrogen (secondary N) is 1. The van der Waals surface area contributed by atoms with Crippen LogP contribution < -0.4 is 14.4 Å². The minimum atomic E-state index is -4.13. The molecule has 0 unspecified atom stereocenters. The molecule has 202 valence electrons. The highest BCUT2D eigenvalue weighted by molar-refractivity contribution is 7.92. The van der Waals surface area contributed by atoms with Crippen LogP contribution in [0.3, 0.4) is 0 Å². The van der Waals surface area contributed by atoms with Crippen LogP contribution >= 0.6 is 0 Å². The fourth-order valence-electron chi connectivity index (χ4n) is 4.19. The molecular weight excluding hydrogens is 502 g/mol. The molecule has 3 aromatic rings. The summed E-state index contributed by atoms with van der Waals surface area (Å²) in [5.74, 6) is -0.362. The molecule has 3 aromatic carbocycles. The quantitative estimate of drug-likeness (QED) is 0.398. The maximum atomic E-state index is 14.0. The van der Waals surface area contributed by atoms with Gasteiger partial charge in [-0.1, -0.05) is 55.0 Å². The maximum absolute atomic E-state index is 14.0. The Morgan fingerprint density at radius 3 is 2.26 bits per heavy atom. The van der Waals surface area contributed by atoms with Gasteiger partial charge in [-0.25, -0.2) is 8.42 Å². The first-order chi connectivity index (χ1) is 18.1.